The van der Waals surface area contributed by atoms with Crippen molar-refractivity contribution < 1.29 is 0 Å². The van der Waals surface area contributed by atoms with Gasteiger partial charge in [-0.05, 0) is 148 Å². The Balaban J connectivity index is 0.936. The number of nitrogens with zero attached hydrogens (tertiary/aromatic N) is 4. The maximum atomic E-state index is 2.69. The first kappa shape index (κ1) is 54.1. The Morgan fingerprint density at radius 1 is 0.280 bits per heavy atom. The lowest BCUT2D eigenvalue weighted by Gasteiger charge is -2.44. The van der Waals surface area contributed by atoms with Crippen molar-refractivity contribution in [1.29, 1.82) is 0 Å². The molecular weight excluding hydrogens is 1180 g/mol. The van der Waals surface area contributed by atoms with E-state index in [0.29, 0.717) is 0 Å². The van der Waals surface area contributed by atoms with Crippen LogP contribution in [-0.4, -0.2) is 13.4 Å². The van der Waals surface area contributed by atoms with E-state index in [9.17, 15) is 0 Å². The van der Waals surface area contributed by atoms with Gasteiger partial charge in [-0.15, -0.1) is 11.3 Å². The van der Waals surface area contributed by atoms with E-state index in [1.54, 1.807) is 0 Å². The predicted molar refractivity (Wildman–Crippen MR) is 399 cm³/mol. The van der Waals surface area contributed by atoms with Gasteiger partial charge in [0.25, 0.3) is 0 Å². The first-order valence-electron chi connectivity index (χ1n) is 31.8. The molecule has 0 radical (unpaired) electrons. The molecule has 9 heteroatoms. The second kappa shape index (κ2) is 22.0. The van der Waals surface area contributed by atoms with Gasteiger partial charge in [-0.2, -0.15) is 0 Å². The average molecular weight is 1240 g/mol. The fourth-order valence-electron chi connectivity index (χ4n) is 15.3. The quantitative estimate of drug-likeness (QED) is 0.126. The van der Waals surface area contributed by atoms with Crippen molar-refractivity contribution in [2.75, 3.05) is 19.6 Å². The van der Waals surface area contributed by atoms with Crippen LogP contribution in [0.5, 0.6) is 0 Å². The molecule has 0 unspecified atom stereocenters. The number of para-hydroxylation sites is 8. The van der Waals surface area contributed by atoms with Crippen molar-refractivity contribution in [2.45, 2.75) is 19.6 Å². The third-order valence-corrected chi connectivity index (χ3v) is 22.7. The van der Waals surface area contributed by atoms with Crippen molar-refractivity contribution in [2.24, 2.45) is 0 Å². The van der Waals surface area contributed by atoms with E-state index in [-0.39, 0.29) is 13.4 Å². The van der Waals surface area contributed by atoms with Gasteiger partial charge in [0.05, 0.1) is 0 Å². The molecule has 5 heterocycles. The lowest BCUT2D eigenvalue weighted by molar-refractivity contribution is 1.22. The van der Waals surface area contributed by atoms with Gasteiger partial charge in [0.15, 0.2) is 0 Å². The van der Waals surface area contributed by atoms with E-state index in [4.69, 9.17) is 0 Å². The summed E-state index contributed by atoms with van der Waals surface area (Å²) in [4.78, 5) is 15.0. The van der Waals surface area contributed by atoms with Gasteiger partial charge in [-0.1, -0.05) is 247 Å². The van der Waals surface area contributed by atoms with Crippen LogP contribution in [0, 0.1) is 0 Å². The molecule has 4 aliphatic heterocycles. The molecule has 0 amide bonds. The molecule has 0 atom stereocenters. The minimum atomic E-state index is -0.126. The largest absolute Gasteiger partial charge is 0.311 e. The van der Waals surface area contributed by atoms with Crippen molar-refractivity contribution in [3.8, 4) is 22.3 Å². The van der Waals surface area contributed by atoms with E-state index in [1.165, 1.54) is 118 Å². The molecule has 93 heavy (non-hydrogen) atoms. The molecule has 1 aromatic heterocycles. The topological polar surface area (TPSA) is 13.0 Å². The average Bonchev–Trinajstić information content (AvgIpc) is 1.35. The Bertz CT molecular complexity index is 5110. The van der Waals surface area contributed by atoms with E-state index < -0.39 is 0 Å². The van der Waals surface area contributed by atoms with Crippen LogP contribution in [0.15, 0.2) is 347 Å². The van der Waals surface area contributed by atoms with Crippen molar-refractivity contribution >= 4 is 169 Å². The minimum Gasteiger partial charge on any atom is -0.311 e. The van der Waals surface area contributed by atoms with Crippen molar-refractivity contribution in [1.82, 2.24) is 0 Å². The fourth-order valence-corrected chi connectivity index (χ4v) is 19.2. The van der Waals surface area contributed by atoms with Gasteiger partial charge in [0, 0.05) is 119 Å². The van der Waals surface area contributed by atoms with E-state index in [2.05, 4.69) is 347 Å². The highest BCUT2D eigenvalue weighted by Gasteiger charge is 2.48. The highest BCUT2D eigenvalue weighted by Crippen LogP contribution is 2.55. The maximum absolute atomic E-state index is 2.69. The summed E-state index contributed by atoms with van der Waals surface area (Å²) in [5, 5.41) is 2.59. The number of rotatable bonds is 10. The Hall–Kier alpha value is -10.7. The van der Waals surface area contributed by atoms with Crippen LogP contribution in [0.2, 0.25) is 0 Å². The first-order valence-corrected chi connectivity index (χ1v) is 34.2. The maximum Gasteiger partial charge on any atom is 0.249 e. The van der Waals surface area contributed by atoms with Crippen LogP contribution in [0.4, 0.5) is 68.2 Å². The molecule has 0 saturated carbocycles. The number of anilines is 12. The molecule has 14 aromatic carbocycles. The van der Waals surface area contributed by atoms with Crippen LogP contribution in [0.1, 0.15) is 0 Å². The molecule has 15 aromatic rings. The lowest BCUT2D eigenvalue weighted by atomic mass is 9.31. The molecule has 0 saturated heterocycles. The Kier molecular flexibility index (Phi) is 12.8. The van der Waals surface area contributed by atoms with Gasteiger partial charge >= 0.3 is 0 Å². The van der Waals surface area contributed by atoms with Gasteiger partial charge in [0.2, 0.25) is 13.4 Å². The SMILES string of the molecule is c1ccc(N(c2ccccc2)c2cc3c4c(c2)N(c2ccccc2)c2ccccc2B4c2cc4c(c(-c5ccccc5-c5cccc6c5sc5ccccc56)c2S3)Sc2cc(N(c3ccccc3)c3ccccc3)cc3c2B4c2ccccc2N3c2ccccc2)cc1. The van der Waals surface area contributed by atoms with Gasteiger partial charge in [0.1, 0.15) is 0 Å². The molecule has 4 aliphatic rings. The fraction of sp³-hybridized carbons (Fsp3) is 0. The molecule has 0 aliphatic carbocycles. The zero-order valence-electron chi connectivity index (χ0n) is 50.3. The summed E-state index contributed by atoms with van der Waals surface area (Å²) in [6.07, 6.45) is 0. The van der Waals surface area contributed by atoms with Crippen LogP contribution < -0.4 is 52.4 Å². The molecule has 4 nitrogen and oxygen atoms in total. The zero-order valence-corrected chi connectivity index (χ0v) is 52.8. The highest BCUT2D eigenvalue weighted by molar-refractivity contribution is 8.01. The number of hydrogen-bond donors (Lipinski definition) is 0. The third kappa shape index (κ3) is 8.64. The predicted octanol–water partition coefficient (Wildman–Crippen LogP) is 19.9. The molecule has 0 fully saturated rings. The Morgan fingerprint density at radius 3 is 1.15 bits per heavy atom. The van der Waals surface area contributed by atoms with Gasteiger partial charge in [-0.25, -0.2) is 0 Å². The molecule has 0 N–H and O–H groups in total. The molecule has 19 rings (SSSR count). The second-order valence-electron chi connectivity index (χ2n) is 24.2. The standard InChI is InChI=1S/C84H54B2N4S3/c1-7-28-55(29-8-1)87(56-30-9-2-10-31-56)61-50-74-80-77(52-61)92-83-70(85(80)68-45-22-24-47-72(68)89(74)59-36-15-5-16-37-59)54-71-84(79(83)65-42-20-19-40-63(65)66-43-27-44-67-64-41-21-26-49-76(64)91-82(66)67)93-78-53-62(88(57-32-11-3-12-33-57)58-34-13-4-14-35-58)51-75-81(78)86(71)69-46-23-25-48-73(69)90(75)60-38-17-6-18-39-60/h1-54H. The lowest BCUT2D eigenvalue weighted by Crippen LogP contribution is -2.64. The molecular formula is C84H54B2N4S3. The summed E-state index contributed by atoms with van der Waals surface area (Å²) in [6, 6.07) is 122. The monoisotopic (exact) mass is 1240 g/mol. The first-order chi connectivity index (χ1) is 46.2. The smallest absolute Gasteiger partial charge is 0.249 e. The second-order valence-corrected chi connectivity index (χ2v) is 27.4. The van der Waals surface area contributed by atoms with E-state index in [1.807, 2.05) is 34.9 Å². The van der Waals surface area contributed by atoms with Gasteiger partial charge in [-0.3, -0.25) is 0 Å². The van der Waals surface area contributed by atoms with Crippen molar-refractivity contribution in [3.63, 3.8) is 0 Å². The number of hydrogen-bond acceptors (Lipinski definition) is 7. The van der Waals surface area contributed by atoms with Crippen molar-refractivity contribution in [3.05, 3.63) is 328 Å². The minimum absolute atomic E-state index is 0.126. The summed E-state index contributed by atoms with van der Waals surface area (Å²) in [5.41, 5.74) is 26.4. The highest BCUT2D eigenvalue weighted by atomic mass is 32.2. The zero-order chi connectivity index (χ0) is 61.1. The summed E-state index contributed by atoms with van der Waals surface area (Å²) in [7, 11) is 0. The van der Waals surface area contributed by atoms with Crippen LogP contribution >= 0.6 is 34.9 Å². The summed E-state index contributed by atoms with van der Waals surface area (Å²) in [6.45, 7) is -0.252. The van der Waals surface area contributed by atoms with Crippen LogP contribution in [0.3, 0.4) is 0 Å². The summed E-state index contributed by atoms with van der Waals surface area (Å²) in [5.74, 6) is 0. The number of benzene rings is 14. The molecule has 0 bridgehead atoms. The summed E-state index contributed by atoms with van der Waals surface area (Å²) < 4.78 is 2.60. The van der Waals surface area contributed by atoms with E-state index in [0.717, 1.165) is 45.5 Å². The Morgan fingerprint density at radius 2 is 0.667 bits per heavy atom. The van der Waals surface area contributed by atoms with E-state index >= 15 is 0 Å². The van der Waals surface area contributed by atoms with Crippen LogP contribution in [0.25, 0.3) is 42.4 Å². The third-order valence-electron chi connectivity index (χ3n) is 19.1. The summed E-state index contributed by atoms with van der Waals surface area (Å²) >= 11 is 5.83. The Labute approximate surface area is 554 Å². The molecule has 434 valence electrons. The normalized spacial score (nSPS) is 13.0. The number of fused-ring (bicyclic) bond motifs is 11. The van der Waals surface area contributed by atoms with Gasteiger partial charge < -0.3 is 19.6 Å². The number of thiophene rings is 1. The van der Waals surface area contributed by atoms with Crippen LogP contribution in [-0.2, 0) is 0 Å². The molecule has 0 spiro atoms.